The summed E-state index contributed by atoms with van der Waals surface area (Å²) in [5.74, 6) is -6.20. The number of ether oxygens (including phenoxy) is 2. The Morgan fingerprint density at radius 1 is 1.50 bits per heavy atom. The minimum Gasteiger partial charge on any atom is -0.548 e. The molecule has 0 amide bonds. The van der Waals surface area contributed by atoms with Crippen LogP contribution in [0.25, 0.3) is 0 Å². The summed E-state index contributed by atoms with van der Waals surface area (Å²) in [6.45, 7) is 1.96. The van der Waals surface area contributed by atoms with E-state index in [0.717, 1.165) is 6.21 Å². The van der Waals surface area contributed by atoms with Crippen molar-refractivity contribution in [3.8, 4) is 0 Å². The summed E-state index contributed by atoms with van der Waals surface area (Å²) in [6, 6.07) is -1.54. The van der Waals surface area contributed by atoms with E-state index in [1.54, 1.807) is 0 Å². The molecule has 1 saturated heterocycles. The number of aliphatic hydroxyl groups is 1. The zero-order valence-corrected chi connectivity index (χ0v) is 9.78. The Bertz CT molecular complexity index is 381. The molecule has 1 atom stereocenters. The van der Waals surface area contributed by atoms with E-state index in [-0.39, 0.29) is 0 Å². The Labute approximate surface area is 102 Å². The van der Waals surface area contributed by atoms with Crippen molar-refractivity contribution in [2.24, 2.45) is 10.9 Å². The van der Waals surface area contributed by atoms with Crippen molar-refractivity contribution in [2.45, 2.75) is 25.7 Å². The number of carboxylic acid groups (broad SMARTS) is 1. The average molecular weight is 258 g/mol. The molecule has 1 aliphatic rings. The summed E-state index contributed by atoms with van der Waals surface area (Å²) in [6.07, 6.45) is 0.774. The van der Waals surface area contributed by atoms with Gasteiger partial charge in [-0.3, -0.25) is 14.6 Å². The predicted molar refractivity (Wildman–Crippen MR) is 54.1 cm³/mol. The first-order valence-corrected chi connectivity index (χ1v) is 5.07. The number of aliphatic carboxylic acids is 1. The number of hydrogen-bond acceptors (Lipinski definition) is 8. The molecule has 1 heterocycles. The maximum absolute atomic E-state index is 11.5. The van der Waals surface area contributed by atoms with Gasteiger partial charge in [-0.15, -0.1) is 0 Å². The monoisotopic (exact) mass is 258 g/mol. The number of rotatable bonds is 4. The number of carbonyl (C=O) groups is 3. The molecule has 0 aromatic carbocycles. The first kappa shape index (κ1) is 14.1. The zero-order valence-electron chi connectivity index (χ0n) is 9.78. The number of aliphatic hydroxyl groups excluding tert-OH is 1. The van der Waals surface area contributed by atoms with E-state index in [1.165, 1.54) is 13.8 Å². The SMILES string of the molecule is CC1(C)OC(=O)C(C=N[C@@H](CO)C(=O)[O-])C(=O)O1. The van der Waals surface area contributed by atoms with Crippen molar-refractivity contribution in [1.29, 1.82) is 0 Å². The Morgan fingerprint density at radius 2 is 2.00 bits per heavy atom. The summed E-state index contributed by atoms with van der Waals surface area (Å²) < 4.78 is 9.57. The summed E-state index contributed by atoms with van der Waals surface area (Å²) >= 11 is 0. The Balaban J connectivity index is 2.79. The Morgan fingerprint density at radius 3 is 2.39 bits per heavy atom. The second-order valence-corrected chi connectivity index (χ2v) is 4.04. The third-order valence-corrected chi connectivity index (χ3v) is 2.06. The molecule has 1 fully saturated rings. The van der Waals surface area contributed by atoms with Crippen LogP contribution in [0.15, 0.2) is 4.99 Å². The summed E-state index contributed by atoms with van der Waals surface area (Å²) in [7, 11) is 0. The largest absolute Gasteiger partial charge is 0.548 e. The fourth-order valence-electron chi connectivity index (χ4n) is 1.22. The molecule has 0 unspecified atom stereocenters. The summed E-state index contributed by atoms with van der Waals surface area (Å²) in [5.41, 5.74) is 0. The lowest BCUT2D eigenvalue weighted by molar-refractivity contribution is -0.308. The fraction of sp³-hybridized carbons (Fsp3) is 0.600. The van der Waals surface area contributed by atoms with Gasteiger partial charge in [-0.05, 0) is 0 Å². The third kappa shape index (κ3) is 3.27. The number of carboxylic acids is 1. The van der Waals surface area contributed by atoms with E-state index in [2.05, 4.69) is 4.99 Å². The van der Waals surface area contributed by atoms with Gasteiger partial charge in [-0.25, -0.2) is 0 Å². The van der Waals surface area contributed by atoms with Gasteiger partial charge in [0.1, 0.15) is 6.04 Å². The normalized spacial score (nSPS) is 21.5. The van der Waals surface area contributed by atoms with Gasteiger partial charge in [-0.1, -0.05) is 0 Å². The number of hydrogen-bond donors (Lipinski definition) is 1. The highest BCUT2D eigenvalue weighted by Crippen LogP contribution is 2.22. The Kier molecular flexibility index (Phi) is 4.02. The van der Waals surface area contributed by atoms with Crippen LogP contribution in [0.2, 0.25) is 0 Å². The minimum atomic E-state index is -1.62. The van der Waals surface area contributed by atoms with Crippen LogP contribution in [0.5, 0.6) is 0 Å². The van der Waals surface area contributed by atoms with E-state index < -0.39 is 42.3 Å². The van der Waals surface area contributed by atoms with E-state index in [0.29, 0.717) is 0 Å². The van der Waals surface area contributed by atoms with Crippen LogP contribution >= 0.6 is 0 Å². The highest BCUT2D eigenvalue weighted by Gasteiger charge is 2.42. The molecule has 18 heavy (non-hydrogen) atoms. The standard InChI is InChI=1S/C10H13NO7/c1-10(2)17-8(15)5(9(16)18-10)3-11-6(4-12)7(13)14/h3,5-6,12H,4H2,1-2H3,(H,13,14)/p-1/t6-/m0/s1. The second kappa shape index (κ2) is 5.13. The Hall–Kier alpha value is -1.96. The number of carbonyl (C=O) groups excluding carboxylic acids is 3. The van der Waals surface area contributed by atoms with Gasteiger partial charge in [0.2, 0.25) is 0 Å². The zero-order chi connectivity index (χ0) is 13.9. The van der Waals surface area contributed by atoms with Crippen molar-refractivity contribution in [3.05, 3.63) is 0 Å². The van der Waals surface area contributed by atoms with Crippen LogP contribution in [0, 0.1) is 5.92 Å². The maximum Gasteiger partial charge on any atom is 0.329 e. The van der Waals surface area contributed by atoms with Gasteiger partial charge in [0, 0.05) is 20.1 Å². The lowest BCUT2D eigenvalue weighted by Gasteiger charge is -2.31. The van der Waals surface area contributed by atoms with Crippen LogP contribution in [0.1, 0.15) is 13.8 Å². The van der Waals surface area contributed by atoms with Crippen molar-refractivity contribution >= 4 is 24.1 Å². The van der Waals surface area contributed by atoms with Gasteiger partial charge in [0.25, 0.3) is 5.79 Å². The van der Waals surface area contributed by atoms with Crippen LogP contribution in [0.3, 0.4) is 0 Å². The fourth-order valence-corrected chi connectivity index (χ4v) is 1.22. The third-order valence-electron chi connectivity index (χ3n) is 2.06. The van der Waals surface area contributed by atoms with E-state index >= 15 is 0 Å². The van der Waals surface area contributed by atoms with Crippen LogP contribution in [-0.2, 0) is 23.9 Å². The van der Waals surface area contributed by atoms with Crippen molar-refractivity contribution in [2.75, 3.05) is 6.61 Å². The van der Waals surface area contributed by atoms with Crippen LogP contribution < -0.4 is 5.11 Å². The quantitative estimate of drug-likeness (QED) is 0.339. The van der Waals surface area contributed by atoms with Crippen molar-refractivity contribution in [1.82, 2.24) is 0 Å². The van der Waals surface area contributed by atoms with E-state index in [4.69, 9.17) is 14.6 Å². The topological polar surface area (TPSA) is 125 Å². The minimum absolute atomic E-state index is 0.774. The number of cyclic esters (lactones) is 2. The van der Waals surface area contributed by atoms with Gasteiger partial charge >= 0.3 is 11.9 Å². The molecule has 1 rings (SSSR count). The van der Waals surface area contributed by atoms with E-state index in [9.17, 15) is 19.5 Å². The average Bonchev–Trinajstić information content (AvgIpc) is 2.20. The van der Waals surface area contributed by atoms with Crippen LogP contribution in [-0.4, -0.2) is 47.7 Å². The summed E-state index contributed by atoms with van der Waals surface area (Å²) in [5, 5.41) is 19.1. The molecule has 100 valence electrons. The molecule has 0 saturated carbocycles. The molecule has 8 nitrogen and oxygen atoms in total. The first-order valence-electron chi connectivity index (χ1n) is 5.07. The maximum atomic E-state index is 11.5. The lowest BCUT2D eigenvalue weighted by Crippen LogP contribution is -2.47. The smallest absolute Gasteiger partial charge is 0.329 e. The lowest BCUT2D eigenvalue weighted by atomic mass is 10.1. The molecular weight excluding hydrogens is 246 g/mol. The van der Waals surface area contributed by atoms with Crippen molar-refractivity contribution < 1.29 is 34.1 Å². The van der Waals surface area contributed by atoms with Crippen LogP contribution in [0.4, 0.5) is 0 Å². The molecular formula is C10H12NO7-. The van der Waals surface area contributed by atoms with Gasteiger partial charge < -0.3 is 24.5 Å². The molecule has 0 aliphatic carbocycles. The first-order chi connectivity index (χ1) is 8.26. The van der Waals surface area contributed by atoms with Gasteiger partial charge in [-0.2, -0.15) is 0 Å². The molecule has 0 aromatic rings. The number of nitrogens with zero attached hydrogens (tertiary/aromatic N) is 1. The second-order valence-electron chi connectivity index (χ2n) is 4.04. The van der Waals surface area contributed by atoms with E-state index in [1.807, 2.05) is 0 Å². The highest BCUT2D eigenvalue weighted by atomic mass is 16.7. The molecule has 8 heteroatoms. The number of esters is 2. The summed E-state index contributed by atoms with van der Waals surface area (Å²) in [4.78, 5) is 36.7. The molecule has 0 spiro atoms. The highest BCUT2D eigenvalue weighted by molar-refractivity contribution is 6.10. The molecule has 0 bridgehead atoms. The van der Waals surface area contributed by atoms with Gasteiger partial charge in [0.15, 0.2) is 5.92 Å². The molecule has 0 radical (unpaired) electrons. The predicted octanol–water partition coefficient (Wildman–Crippen LogP) is -2.38. The number of aliphatic imine (C=N–C) groups is 1. The molecule has 1 aliphatic heterocycles. The molecule has 1 N–H and O–H groups in total. The molecule has 0 aromatic heterocycles. The van der Waals surface area contributed by atoms with Gasteiger partial charge in [0.05, 0.1) is 12.6 Å². The van der Waals surface area contributed by atoms with Crippen molar-refractivity contribution in [3.63, 3.8) is 0 Å².